The summed E-state index contributed by atoms with van der Waals surface area (Å²) in [4.78, 5) is 38.0. The molecule has 1 aliphatic rings. The van der Waals surface area contributed by atoms with E-state index in [1.54, 1.807) is 4.90 Å². The van der Waals surface area contributed by atoms with Crippen molar-refractivity contribution in [1.29, 1.82) is 0 Å². The molecule has 0 radical (unpaired) electrons. The first-order valence-electron chi connectivity index (χ1n) is 8.55. The van der Waals surface area contributed by atoms with Crippen LogP contribution in [0.25, 0.3) is 0 Å². The minimum atomic E-state index is -0.490. The van der Waals surface area contributed by atoms with Gasteiger partial charge in [0.25, 0.3) is 0 Å². The summed E-state index contributed by atoms with van der Waals surface area (Å²) in [5, 5.41) is 2.93. The van der Waals surface area contributed by atoms with Gasteiger partial charge in [-0.1, -0.05) is 29.8 Å². The van der Waals surface area contributed by atoms with Crippen molar-refractivity contribution in [2.75, 3.05) is 13.7 Å². The zero-order valence-electron chi connectivity index (χ0n) is 15.2. The van der Waals surface area contributed by atoms with Gasteiger partial charge in [0.1, 0.15) is 6.17 Å². The van der Waals surface area contributed by atoms with Crippen LogP contribution in [0.2, 0.25) is 0 Å². The molecule has 0 aliphatic carbocycles. The minimum Gasteiger partial charge on any atom is -0.469 e. The lowest BCUT2D eigenvalue weighted by Gasteiger charge is -2.38. The van der Waals surface area contributed by atoms with Crippen molar-refractivity contribution in [2.45, 2.75) is 45.7 Å². The number of nitrogens with zero attached hydrogens (tertiary/aromatic N) is 1. The molecule has 0 spiro atoms. The normalized spacial score (nSPS) is 21.4. The van der Waals surface area contributed by atoms with Gasteiger partial charge < -0.3 is 15.0 Å². The molecule has 1 N–H and O–H groups in total. The summed E-state index contributed by atoms with van der Waals surface area (Å²) in [6.07, 6.45) is 0.431. The van der Waals surface area contributed by atoms with Crippen LogP contribution in [0.5, 0.6) is 0 Å². The Labute approximate surface area is 148 Å². The van der Waals surface area contributed by atoms with Crippen LogP contribution >= 0.6 is 0 Å². The van der Waals surface area contributed by atoms with Crippen molar-refractivity contribution in [3.8, 4) is 0 Å². The summed E-state index contributed by atoms with van der Waals surface area (Å²) in [6, 6.07) is 7.80. The highest BCUT2D eigenvalue weighted by atomic mass is 16.5. The Morgan fingerprint density at radius 1 is 1.24 bits per heavy atom. The number of piperidine rings is 1. The highest BCUT2D eigenvalue weighted by Gasteiger charge is 2.35. The lowest BCUT2D eigenvalue weighted by atomic mass is 9.93. The number of esters is 1. The number of hydrogen-bond donors (Lipinski definition) is 1. The molecule has 1 saturated heterocycles. The topological polar surface area (TPSA) is 75.7 Å². The Balaban J connectivity index is 2.09. The number of rotatable bonds is 4. The van der Waals surface area contributed by atoms with E-state index in [1.165, 1.54) is 14.0 Å². The fourth-order valence-corrected chi connectivity index (χ4v) is 3.16. The predicted molar refractivity (Wildman–Crippen MR) is 93.7 cm³/mol. The maximum atomic E-state index is 12.6. The number of nitrogens with one attached hydrogen (secondary N) is 1. The molecule has 0 saturated carbocycles. The molecule has 1 aromatic rings. The first kappa shape index (κ1) is 19.0. The SMILES string of the molecule is COC(=O)C1CCN(C(C)=O)C(NC(=O)C(C)c2ccc(C)cc2)C1. The lowest BCUT2D eigenvalue weighted by Crippen LogP contribution is -2.55. The number of likely N-dealkylation sites (tertiary alicyclic amines) is 1. The molecule has 1 aromatic carbocycles. The number of amides is 2. The van der Waals surface area contributed by atoms with Gasteiger partial charge in [-0.3, -0.25) is 14.4 Å². The fourth-order valence-electron chi connectivity index (χ4n) is 3.16. The van der Waals surface area contributed by atoms with Crippen LogP contribution in [0.1, 0.15) is 43.7 Å². The molecule has 0 bridgehead atoms. The van der Waals surface area contributed by atoms with E-state index in [-0.39, 0.29) is 29.6 Å². The van der Waals surface area contributed by atoms with E-state index in [0.29, 0.717) is 19.4 Å². The Kier molecular flexibility index (Phi) is 6.17. The summed E-state index contributed by atoms with van der Waals surface area (Å²) in [6.45, 7) is 5.73. The van der Waals surface area contributed by atoms with Crippen molar-refractivity contribution in [1.82, 2.24) is 10.2 Å². The van der Waals surface area contributed by atoms with Crippen molar-refractivity contribution in [2.24, 2.45) is 5.92 Å². The van der Waals surface area contributed by atoms with E-state index < -0.39 is 6.17 Å². The monoisotopic (exact) mass is 346 g/mol. The van der Waals surface area contributed by atoms with E-state index in [9.17, 15) is 14.4 Å². The van der Waals surface area contributed by atoms with E-state index >= 15 is 0 Å². The maximum absolute atomic E-state index is 12.6. The average Bonchev–Trinajstić information content (AvgIpc) is 2.60. The van der Waals surface area contributed by atoms with Gasteiger partial charge in [-0.15, -0.1) is 0 Å². The van der Waals surface area contributed by atoms with Crippen LogP contribution < -0.4 is 5.32 Å². The average molecular weight is 346 g/mol. The summed E-state index contributed by atoms with van der Waals surface area (Å²) >= 11 is 0. The third-order valence-electron chi connectivity index (χ3n) is 4.82. The Bertz CT molecular complexity index is 641. The third kappa shape index (κ3) is 4.59. The van der Waals surface area contributed by atoms with Crippen LogP contribution in [0.15, 0.2) is 24.3 Å². The van der Waals surface area contributed by atoms with E-state index in [2.05, 4.69) is 5.32 Å². The van der Waals surface area contributed by atoms with Crippen LogP contribution in [0.3, 0.4) is 0 Å². The summed E-state index contributed by atoms with van der Waals surface area (Å²) < 4.78 is 4.81. The van der Waals surface area contributed by atoms with Crippen molar-refractivity contribution in [3.63, 3.8) is 0 Å². The molecule has 0 aromatic heterocycles. The van der Waals surface area contributed by atoms with Gasteiger partial charge in [-0.05, 0) is 32.3 Å². The molecule has 1 aliphatic heterocycles. The van der Waals surface area contributed by atoms with Gasteiger partial charge in [0.2, 0.25) is 11.8 Å². The largest absolute Gasteiger partial charge is 0.469 e. The quantitative estimate of drug-likeness (QED) is 0.846. The van der Waals surface area contributed by atoms with E-state index in [4.69, 9.17) is 4.74 Å². The molecule has 6 heteroatoms. The number of methoxy groups -OCH3 is 1. The van der Waals surface area contributed by atoms with Crippen molar-refractivity contribution < 1.29 is 19.1 Å². The van der Waals surface area contributed by atoms with Gasteiger partial charge in [0, 0.05) is 13.5 Å². The molecule has 2 amide bonds. The van der Waals surface area contributed by atoms with Crippen LogP contribution in [0, 0.1) is 12.8 Å². The number of ether oxygens (including phenoxy) is 1. The second-order valence-corrected chi connectivity index (χ2v) is 6.61. The van der Waals surface area contributed by atoms with E-state index in [1.807, 2.05) is 38.1 Å². The molecule has 3 atom stereocenters. The molecule has 6 nitrogen and oxygen atoms in total. The van der Waals surface area contributed by atoms with Crippen molar-refractivity contribution in [3.05, 3.63) is 35.4 Å². The number of carbonyl (C=O) groups excluding carboxylic acids is 3. The molecule has 136 valence electrons. The number of aryl methyl sites for hydroxylation is 1. The summed E-state index contributed by atoms with van der Waals surface area (Å²) in [5.41, 5.74) is 2.05. The van der Waals surface area contributed by atoms with E-state index in [0.717, 1.165) is 11.1 Å². The van der Waals surface area contributed by atoms with Gasteiger partial charge in [0.15, 0.2) is 0 Å². The van der Waals surface area contributed by atoms with Gasteiger partial charge in [-0.2, -0.15) is 0 Å². The Morgan fingerprint density at radius 2 is 1.88 bits per heavy atom. The predicted octanol–water partition coefficient (Wildman–Crippen LogP) is 1.97. The number of benzene rings is 1. The molecular weight excluding hydrogens is 320 g/mol. The first-order chi connectivity index (χ1) is 11.8. The second kappa shape index (κ2) is 8.14. The Morgan fingerprint density at radius 3 is 2.44 bits per heavy atom. The Hall–Kier alpha value is -2.37. The summed E-state index contributed by atoms with van der Waals surface area (Å²) in [7, 11) is 1.35. The first-order valence-corrected chi connectivity index (χ1v) is 8.55. The molecule has 3 unspecified atom stereocenters. The second-order valence-electron chi connectivity index (χ2n) is 6.61. The third-order valence-corrected chi connectivity index (χ3v) is 4.82. The standard InChI is InChI=1S/C19H26N2O4/c1-12-5-7-15(8-6-12)13(2)18(23)20-17-11-16(19(24)25-4)9-10-21(17)14(3)22/h5-8,13,16-17H,9-11H2,1-4H3,(H,20,23). The number of carbonyl (C=O) groups is 3. The fraction of sp³-hybridized carbons (Fsp3) is 0.526. The zero-order chi connectivity index (χ0) is 18.6. The minimum absolute atomic E-state index is 0.114. The summed E-state index contributed by atoms with van der Waals surface area (Å²) in [5.74, 6) is -1.22. The highest BCUT2D eigenvalue weighted by molar-refractivity contribution is 5.84. The molecule has 25 heavy (non-hydrogen) atoms. The van der Waals surface area contributed by atoms with Crippen molar-refractivity contribution >= 4 is 17.8 Å². The molecule has 2 rings (SSSR count). The molecule has 1 heterocycles. The lowest BCUT2D eigenvalue weighted by molar-refractivity contribution is -0.151. The van der Waals surface area contributed by atoms with Gasteiger partial charge in [0.05, 0.1) is 18.9 Å². The van der Waals surface area contributed by atoms with Crippen LogP contribution in [-0.4, -0.2) is 42.5 Å². The zero-order valence-corrected chi connectivity index (χ0v) is 15.2. The van der Waals surface area contributed by atoms with Gasteiger partial charge in [-0.25, -0.2) is 0 Å². The smallest absolute Gasteiger partial charge is 0.308 e. The van der Waals surface area contributed by atoms with Gasteiger partial charge >= 0.3 is 5.97 Å². The number of hydrogen-bond acceptors (Lipinski definition) is 4. The van der Waals surface area contributed by atoms with Crippen LogP contribution in [-0.2, 0) is 19.1 Å². The molecule has 1 fully saturated rings. The van der Waals surface area contributed by atoms with Crippen LogP contribution in [0.4, 0.5) is 0 Å². The highest BCUT2D eigenvalue weighted by Crippen LogP contribution is 2.24. The maximum Gasteiger partial charge on any atom is 0.308 e. The molecular formula is C19H26N2O4.